The Bertz CT molecular complexity index is 1160. The number of carbonyl (C=O) groups is 1. The van der Waals surface area contributed by atoms with Crippen LogP contribution in [0.5, 0.6) is 0 Å². The van der Waals surface area contributed by atoms with Gasteiger partial charge in [0.25, 0.3) is 0 Å². The van der Waals surface area contributed by atoms with Crippen molar-refractivity contribution in [2.45, 2.75) is 25.3 Å². The van der Waals surface area contributed by atoms with Crippen LogP contribution in [0.15, 0.2) is 54.3 Å². The zero-order valence-corrected chi connectivity index (χ0v) is 18.2. The van der Waals surface area contributed by atoms with Gasteiger partial charge in [-0.3, -0.25) is 4.79 Å². The zero-order chi connectivity index (χ0) is 23.1. The Labute approximate surface area is 190 Å². The lowest BCUT2D eigenvalue weighted by Gasteiger charge is -2.11. The number of thiophene rings is 1. The number of allylic oxidation sites excluding steroid dienone is 5. The van der Waals surface area contributed by atoms with Crippen molar-refractivity contribution in [1.82, 2.24) is 5.32 Å². The standard InChI is InChI=1S/C24H24FN5OS/c25-22-9-15(3-4-17(22)12-26)21-11-20(10-19(28)2-1-7-30-14-31)32-24(21)16-5-6-23(29)18(8-16)13-27/h3-6,8-9,11,13-14,19,29H,1-2,7,10,27-28H2,(H,30,31)/b18-13-,29-23?. The molecule has 3 rings (SSSR count). The van der Waals surface area contributed by atoms with E-state index < -0.39 is 5.82 Å². The van der Waals surface area contributed by atoms with Gasteiger partial charge in [-0.1, -0.05) is 12.1 Å². The highest BCUT2D eigenvalue weighted by atomic mass is 32.1. The molecule has 164 valence electrons. The quantitative estimate of drug-likeness (QED) is 0.344. The average molecular weight is 450 g/mol. The predicted octanol–water partition coefficient (Wildman–Crippen LogP) is 3.64. The number of halogens is 1. The summed E-state index contributed by atoms with van der Waals surface area (Å²) in [6, 6.07) is 8.35. The van der Waals surface area contributed by atoms with Crippen molar-refractivity contribution in [2.75, 3.05) is 6.54 Å². The molecule has 1 aliphatic carbocycles. The van der Waals surface area contributed by atoms with E-state index in [0.29, 0.717) is 36.2 Å². The largest absolute Gasteiger partial charge is 0.404 e. The van der Waals surface area contributed by atoms with Crippen LogP contribution >= 0.6 is 11.3 Å². The minimum Gasteiger partial charge on any atom is -0.404 e. The number of nitrogens with two attached hydrogens (primary N) is 2. The van der Waals surface area contributed by atoms with Gasteiger partial charge in [-0.2, -0.15) is 5.26 Å². The number of amides is 1. The number of benzene rings is 1. The molecule has 1 aromatic heterocycles. The van der Waals surface area contributed by atoms with Crippen molar-refractivity contribution in [3.63, 3.8) is 0 Å². The Balaban J connectivity index is 1.96. The number of hydrogen-bond acceptors (Lipinski definition) is 6. The molecule has 6 N–H and O–H groups in total. The van der Waals surface area contributed by atoms with Gasteiger partial charge >= 0.3 is 0 Å². The van der Waals surface area contributed by atoms with E-state index in [-0.39, 0.29) is 11.6 Å². The predicted molar refractivity (Wildman–Crippen MR) is 127 cm³/mol. The Morgan fingerprint density at radius 2 is 2.12 bits per heavy atom. The van der Waals surface area contributed by atoms with Gasteiger partial charge in [0, 0.05) is 39.7 Å². The molecule has 1 unspecified atom stereocenters. The van der Waals surface area contributed by atoms with Crippen LogP contribution in [0.25, 0.3) is 16.7 Å². The maximum Gasteiger partial charge on any atom is 0.207 e. The molecule has 0 spiro atoms. The first-order valence-electron chi connectivity index (χ1n) is 10.1. The molecule has 2 aromatic rings. The van der Waals surface area contributed by atoms with Gasteiger partial charge in [-0.25, -0.2) is 4.39 Å². The topological polar surface area (TPSA) is 129 Å². The molecule has 1 atom stereocenters. The van der Waals surface area contributed by atoms with Crippen LogP contribution < -0.4 is 16.8 Å². The normalized spacial score (nSPS) is 15.3. The second kappa shape index (κ2) is 10.7. The second-order valence-electron chi connectivity index (χ2n) is 7.41. The summed E-state index contributed by atoms with van der Waals surface area (Å²) in [5.41, 5.74) is 15.3. The number of nitriles is 1. The molecule has 0 saturated heterocycles. The molecule has 6 nitrogen and oxygen atoms in total. The van der Waals surface area contributed by atoms with E-state index in [0.717, 1.165) is 33.7 Å². The van der Waals surface area contributed by atoms with Crippen LogP contribution in [0.4, 0.5) is 4.39 Å². The zero-order valence-electron chi connectivity index (χ0n) is 17.4. The summed E-state index contributed by atoms with van der Waals surface area (Å²) in [6.07, 6.45) is 9.62. The van der Waals surface area contributed by atoms with Crippen LogP contribution in [0, 0.1) is 22.6 Å². The third-order valence-corrected chi connectivity index (χ3v) is 6.33. The van der Waals surface area contributed by atoms with E-state index in [9.17, 15) is 9.18 Å². The summed E-state index contributed by atoms with van der Waals surface area (Å²) in [5, 5.41) is 19.7. The molecule has 1 heterocycles. The maximum atomic E-state index is 14.3. The van der Waals surface area contributed by atoms with Gasteiger partial charge in [-0.05, 0) is 60.8 Å². The van der Waals surface area contributed by atoms with Crippen molar-refractivity contribution in [3.8, 4) is 17.2 Å². The Morgan fingerprint density at radius 1 is 1.31 bits per heavy atom. The maximum absolute atomic E-state index is 14.3. The number of nitrogens with zero attached hydrogens (tertiary/aromatic N) is 1. The smallest absolute Gasteiger partial charge is 0.207 e. The summed E-state index contributed by atoms with van der Waals surface area (Å²) in [7, 11) is 0. The van der Waals surface area contributed by atoms with Crippen molar-refractivity contribution in [2.24, 2.45) is 11.5 Å². The van der Waals surface area contributed by atoms with Crippen LogP contribution in [-0.4, -0.2) is 24.7 Å². The molecule has 1 aromatic carbocycles. The van der Waals surface area contributed by atoms with Gasteiger partial charge in [0.1, 0.15) is 11.9 Å². The van der Waals surface area contributed by atoms with Crippen molar-refractivity contribution >= 4 is 29.0 Å². The Kier molecular flexibility index (Phi) is 7.71. The third kappa shape index (κ3) is 5.38. The molecule has 1 amide bonds. The lowest BCUT2D eigenvalue weighted by atomic mass is 9.95. The van der Waals surface area contributed by atoms with E-state index in [1.54, 1.807) is 23.5 Å². The molecule has 1 aliphatic rings. The van der Waals surface area contributed by atoms with E-state index >= 15 is 0 Å². The van der Waals surface area contributed by atoms with E-state index in [2.05, 4.69) is 5.32 Å². The van der Waals surface area contributed by atoms with Crippen LogP contribution in [0.2, 0.25) is 0 Å². The third-order valence-electron chi connectivity index (χ3n) is 5.12. The first kappa shape index (κ1) is 23.1. The second-order valence-corrected chi connectivity index (χ2v) is 8.55. The molecule has 0 saturated carbocycles. The minimum absolute atomic E-state index is 0.00436. The van der Waals surface area contributed by atoms with E-state index in [1.165, 1.54) is 18.3 Å². The van der Waals surface area contributed by atoms with Gasteiger partial charge in [0.15, 0.2) is 0 Å². The Morgan fingerprint density at radius 3 is 2.81 bits per heavy atom. The average Bonchev–Trinajstić information content (AvgIpc) is 3.20. The molecule has 0 radical (unpaired) electrons. The van der Waals surface area contributed by atoms with Gasteiger partial charge in [0.05, 0.1) is 11.3 Å². The first-order chi connectivity index (χ1) is 15.5. The molecular formula is C24H24FN5OS. The monoisotopic (exact) mass is 449 g/mol. The highest BCUT2D eigenvalue weighted by molar-refractivity contribution is 7.13. The molecular weight excluding hydrogens is 425 g/mol. The summed E-state index contributed by atoms with van der Waals surface area (Å²) < 4.78 is 14.3. The van der Waals surface area contributed by atoms with Crippen molar-refractivity contribution in [1.29, 1.82) is 10.7 Å². The van der Waals surface area contributed by atoms with Crippen LogP contribution in [-0.2, 0) is 11.2 Å². The van der Waals surface area contributed by atoms with Crippen LogP contribution in [0.3, 0.4) is 0 Å². The van der Waals surface area contributed by atoms with E-state index in [1.807, 2.05) is 24.3 Å². The Hall–Kier alpha value is -3.54. The van der Waals surface area contributed by atoms with Crippen LogP contribution in [0.1, 0.15) is 28.2 Å². The summed E-state index contributed by atoms with van der Waals surface area (Å²) >= 11 is 1.57. The fraction of sp³-hybridized carbons (Fsp3) is 0.208. The summed E-state index contributed by atoms with van der Waals surface area (Å²) in [5.74, 6) is -0.569. The lowest BCUT2D eigenvalue weighted by molar-refractivity contribution is -0.109. The fourth-order valence-electron chi connectivity index (χ4n) is 3.47. The number of hydrogen-bond donors (Lipinski definition) is 4. The molecule has 32 heavy (non-hydrogen) atoms. The highest BCUT2D eigenvalue weighted by Gasteiger charge is 2.19. The van der Waals surface area contributed by atoms with Crippen molar-refractivity contribution < 1.29 is 9.18 Å². The number of nitrogens with one attached hydrogen (secondary N) is 2. The van der Waals surface area contributed by atoms with Gasteiger partial charge in [0.2, 0.25) is 6.41 Å². The van der Waals surface area contributed by atoms with E-state index in [4.69, 9.17) is 22.1 Å². The minimum atomic E-state index is -0.569. The molecule has 0 aliphatic heterocycles. The van der Waals surface area contributed by atoms with Crippen molar-refractivity contribution in [3.05, 3.63) is 75.4 Å². The molecule has 0 bridgehead atoms. The summed E-state index contributed by atoms with van der Waals surface area (Å²) in [6.45, 7) is 0.584. The lowest BCUT2D eigenvalue weighted by Crippen LogP contribution is -2.24. The molecule has 0 fully saturated rings. The summed E-state index contributed by atoms with van der Waals surface area (Å²) in [4.78, 5) is 12.3. The molecule has 8 heteroatoms. The van der Waals surface area contributed by atoms with Gasteiger partial charge < -0.3 is 22.2 Å². The first-order valence-corrected chi connectivity index (χ1v) is 10.9. The highest BCUT2D eigenvalue weighted by Crippen LogP contribution is 2.39. The SMILES string of the molecule is N#Cc1ccc(-c2cc(CC(N)CCCNC=O)sc2C2=C/C(=C/N)C(=N)C=C2)cc1F. The number of rotatable bonds is 9. The number of carbonyl (C=O) groups excluding carboxylic acids is 1. The van der Waals surface area contributed by atoms with Gasteiger partial charge in [-0.15, -0.1) is 11.3 Å². The fourth-order valence-corrected chi connectivity index (χ4v) is 4.74.